The summed E-state index contributed by atoms with van der Waals surface area (Å²) in [4.78, 5) is 30.7. The van der Waals surface area contributed by atoms with Gasteiger partial charge in [-0.3, -0.25) is 15.0 Å². The van der Waals surface area contributed by atoms with Crippen LogP contribution in [0.4, 0.5) is 5.13 Å². The third kappa shape index (κ3) is 3.59. The average Bonchev–Trinajstić information content (AvgIpc) is 3.38. The van der Waals surface area contributed by atoms with Gasteiger partial charge in [-0.15, -0.1) is 11.3 Å². The Hall–Kier alpha value is -2.58. The van der Waals surface area contributed by atoms with E-state index < -0.39 is 0 Å². The summed E-state index contributed by atoms with van der Waals surface area (Å²) in [5.41, 5.74) is 2.44. The molecule has 7 nitrogen and oxygen atoms in total. The highest BCUT2D eigenvalue weighted by Gasteiger charge is 2.28. The van der Waals surface area contributed by atoms with Crippen LogP contribution in [0, 0.1) is 0 Å². The number of hydrogen-bond donors (Lipinski definition) is 2. The Morgan fingerprint density at radius 2 is 2.40 bits per heavy atom. The zero-order chi connectivity index (χ0) is 17.1. The van der Waals surface area contributed by atoms with E-state index in [1.807, 2.05) is 23.7 Å². The fourth-order valence-electron chi connectivity index (χ4n) is 3.15. The maximum Gasteiger partial charge on any atom is 0.276 e. The van der Waals surface area contributed by atoms with Crippen LogP contribution in [0.2, 0.25) is 0 Å². The van der Waals surface area contributed by atoms with Crippen LogP contribution in [0.3, 0.4) is 0 Å². The number of nitrogens with zero attached hydrogens (tertiary/aromatic N) is 4. The van der Waals surface area contributed by atoms with Gasteiger partial charge in [-0.05, 0) is 31.5 Å². The summed E-state index contributed by atoms with van der Waals surface area (Å²) in [6.07, 6.45) is 7.37. The fourth-order valence-corrected chi connectivity index (χ4v) is 3.67. The third-order valence-electron chi connectivity index (χ3n) is 4.29. The van der Waals surface area contributed by atoms with Crippen LogP contribution in [-0.2, 0) is 6.54 Å². The second-order valence-electron chi connectivity index (χ2n) is 5.94. The van der Waals surface area contributed by atoms with Crippen molar-refractivity contribution in [3.63, 3.8) is 0 Å². The normalized spacial score (nSPS) is 17.7. The van der Waals surface area contributed by atoms with Gasteiger partial charge < -0.3 is 4.98 Å². The summed E-state index contributed by atoms with van der Waals surface area (Å²) in [6, 6.07) is 5.85. The van der Waals surface area contributed by atoms with Crippen LogP contribution >= 0.6 is 11.3 Å². The lowest BCUT2D eigenvalue weighted by Gasteiger charge is -2.23. The predicted octanol–water partition coefficient (Wildman–Crippen LogP) is 2.85. The molecule has 0 aromatic carbocycles. The number of likely N-dealkylation sites (tertiary alicyclic amines) is 1. The lowest BCUT2D eigenvalue weighted by molar-refractivity contribution is 0.102. The van der Waals surface area contributed by atoms with Gasteiger partial charge in [0.25, 0.3) is 5.91 Å². The number of anilines is 1. The van der Waals surface area contributed by atoms with E-state index in [0.717, 1.165) is 37.3 Å². The number of nitrogens with one attached hydrogen (secondary N) is 2. The fraction of sp³-hybridized carbons (Fsp3) is 0.294. The Bertz CT molecular complexity index is 833. The van der Waals surface area contributed by atoms with Crippen LogP contribution in [0.1, 0.15) is 40.8 Å². The Kier molecular flexibility index (Phi) is 4.53. The van der Waals surface area contributed by atoms with E-state index in [0.29, 0.717) is 10.8 Å². The van der Waals surface area contributed by atoms with E-state index in [4.69, 9.17) is 0 Å². The lowest BCUT2D eigenvalue weighted by Crippen LogP contribution is -2.24. The van der Waals surface area contributed by atoms with Crippen LogP contribution in [0.15, 0.2) is 42.3 Å². The first-order valence-corrected chi connectivity index (χ1v) is 9.06. The van der Waals surface area contributed by atoms with Gasteiger partial charge in [0.1, 0.15) is 5.69 Å². The first-order chi connectivity index (χ1) is 12.3. The van der Waals surface area contributed by atoms with Crippen molar-refractivity contribution in [2.45, 2.75) is 25.4 Å². The maximum atomic E-state index is 12.4. The highest BCUT2D eigenvalue weighted by atomic mass is 32.1. The highest BCUT2D eigenvalue weighted by Crippen LogP contribution is 2.32. The number of hydrogen-bond acceptors (Lipinski definition) is 6. The molecule has 128 valence electrons. The molecule has 0 bridgehead atoms. The van der Waals surface area contributed by atoms with E-state index in [1.54, 1.807) is 18.6 Å². The summed E-state index contributed by atoms with van der Waals surface area (Å²) in [5, 5.41) is 5.19. The van der Waals surface area contributed by atoms with Crippen molar-refractivity contribution in [2.75, 3.05) is 11.9 Å². The van der Waals surface area contributed by atoms with Crippen molar-refractivity contribution < 1.29 is 4.79 Å². The molecule has 0 radical (unpaired) electrons. The Labute approximate surface area is 149 Å². The number of carbonyl (C=O) groups is 1. The number of pyridine rings is 1. The maximum absolute atomic E-state index is 12.4. The van der Waals surface area contributed by atoms with Gasteiger partial charge in [-0.1, -0.05) is 6.07 Å². The summed E-state index contributed by atoms with van der Waals surface area (Å²) in [7, 11) is 0. The molecule has 1 aliphatic heterocycles. The van der Waals surface area contributed by atoms with Crippen molar-refractivity contribution >= 4 is 22.4 Å². The van der Waals surface area contributed by atoms with Gasteiger partial charge in [0.05, 0.1) is 18.1 Å². The molecule has 0 aliphatic carbocycles. The van der Waals surface area contributed by atoms with Gasteiger partial charge in [-0.2, -0.15) is 0 Å². The minimum absolute atomic E-state index is 0.218. The smallest absolute Gasteiger partial charge is 0.276 e. The molecule has 25 heavy (non-hydrogen) atoms. The molecule has 1 fully saturated rings. The molecule has 4 rings (SSSR count). The summed E-state index contributed by atoms with van der Waals surface area (Å²) < 4.78 is 0. The van der Waals surface area contributed by atoms with E-state index in [1.165, 1.54) is 11.3 Å². The molecule has 0 spiro atoms. The Morgan fingerprint density at radius 1 is 1.44 bits per heavy atom. The standard InChI is InChI=1S/C17H18N6OS/c24-16(22-17-19-6-8-25-17)14-4-1-3-13(21-14)15-5-2-7-23(15)10-12-9-18-11-20-12/h1,3-4,6,8-9,11,15H,2,5,7,10H2,(H,18,20)(H,19,22,24). The molecule has 1 amide bonds. The van der Waals surface area contributed by atoms with Gasteiger partial charge in [0.15, 0.2) is 5.13 Å². The van der Waals surface area contributed by atoms with Crippen molar-refractivity contribution in [3.8, 4) is 0 Å². The van der Waals surface area contributed by atoms with Gasteiger partial charge >= 0.3 is 0 Å². The second-order valence-corrected chi connectivity index (χ2v) is 6.84. The molecule has 8 heteroatoms. The minimum atomic E-state index is -0.227. The van der Waals surface area contributed by atoms with E-state index in [9.17, 15) is 4.79 Å². The summed E-state index contributed by atoms with van der Waals surface area (Å²) in [6.45, 7) is 1.82. The number of rotatable bonds is 5. The van der Waals surface area contributed by atoms with Crippen LogP contribution < -0.4 is 5.32 Å². The molecule has 3 aromatic rings. The zero-order valence-electron chi connectivity index (χ0n) is 13.6. The monoisotopic (exact) mass is 354 g/mol. The number of imidazole rings is 1. The zero-order valence-corrected chi connectivity index (χ0v) is 14.4. The topological polar surface area (TPSA) is 86.8 Å². The lowest BCUT2D eigenvalue weighted by atomic mass is 10.1. The number of amides is 1. The Morgan fingerprint density at radius 3 is 3.20 bits per heavy atom. The second kappa shape index (κ2) is 7.12. The summed E-state index contributed by atoms with van der Waals surface area (Å²) >= 11 is 1.39. The molecular formula is C17H18N6OS. The quantitative estimate of drug-likeness (QED) is 0.736. The number of aromatic amines is 1. The first-order valence-electron chi connectivity index (χ1n) is 8.19. The van der Waals surface area contributed by atoms with Crippen LogP contribution in [-0.4, -0.2) is 37.3 Å². The van der Waals surface area contributed by atoms with Gasteiger partial charge in [0.2, 0.25) is 0 Å². The summed E-state index contributed by atoms with van der Waals surface area (Å²) in [5.74, 6) is -0.227. The molecular weight excluding hydrogens is 336 g/mol. The Balaban J connectivity index is 1.51. The van der Waals surface area contributed by atoms with Crippen molar-refractivity contribution in [1.29, 1.82) is 0 Å². The largest absolute Gasteiger partial charge is 0.347 e. The van der Waals surface area contributed by atoms with Crippen molar-refractivity contribution in [2.24, 2.45) is 0 Å². The SMILES string of the molecule is O=C(Nc1nccs1)c1cccc(C2CCCN2Cc2cnc[nH]2)n1. The molecule has 3 aromatic heterocycles. The molecule has 1 atom stereocenters. The predicted molar refractivity (Wildman–Crippen MR) is 95.3 cm³/mol. The number of carbonyl (C=O) groups excluding carboxylic acids is 1. The van der Waals surface area contributed by atoms with Gasteiger partial charge in [0, 0.05) is 30.0 Å². The average molecular weight is 354 g/mol. The molecule has 1 saturated heterocycles. The molecule has 2 N–H and O–H groups in total. The third-order valence-corrected chi connectivity index (χ3v) is 4.98. The minimum Gasteiger partial charge on any atom is -0.347 e. The first kappa shape index (κ1) is 15.9. The van der Waals surface area contributed by atoms with E-state index in [-0.39, 0.29) is 11.9 Å². The number of aromatic nitrogens is 4. The van der Waals surface area contributed by atoms with Crippen LogP contribution in [0.25, 0.3) is 0 Å². The number of H-pyrrole nitrogens is 1. The molecule has 0 saturated carbocycles. The van der Waals surface area contributed by atoms with Gasteiger partial charge in [-0.25, -0.2) is 15.0 Å². The van der Waals surface area contributed by atoms with E-state index in [2.05, 4.69) is 30.2 Å². The molecule has 1 aliphatic rings. The van der Waals surface area contributed by atoms with Crippen LogP contribution in [0.5, 0.6) is 0 Å². The highest BCUT2D eigenvalue weighted by molar-refractivity contribution is 7.13. The van der Waals surface area contributed by atoms with Crippen molar-refractivity contribution in [1.82, 2.24) is 24.8 Å². The molecule has 4 heterocycles. The van der Waals surface area contributed by atoms with Crippen molar-refractivity contribution in [3.05, 3.63) is 59.4 Å². The van der Waals surface area contributed by atoms with E-state index >= 15 is 0 Å². The number of thiazole rings is 1. The molecule has 1 unspecified atom stereocenters.